The zero-order valence-corrected chi connectivity index (χ0v) is 9.76. The van der Waals surface area contributed by atoms with Gasteiger partial charge in [-0.3, -0.25) is 0 Å². The zero-order valence-electron chi connectivity index (χ0n) is 5.73. The molecule has 0 bridgehead atoms. The molecule has 0 aliphatic heterocycles. The summed E-state index contributed by atoms with van der Waals surface area (Å²) in [6.45, 7) is 0. The molecule has 2 nitrogen and oxygen atoms in total. The molecule has 62 valence electrons. The van der Waals surface area contributed by atoms with Crippen LogP contribution in [-0.2, 0) is 0 Å². The second-order valence-corrected chi connectivity index (χ2v) is 6.60. The number of thiophene rings is 1. The predicted molar refractivity (Wildman–Crippen MR) is 56.1 cm³/mol. The molecule has 2 heterocycles. The average molecular weight is 279 g/mol. The number of halogens is 1. The van der Waals surface area contributed by atoms with Crippen LogP contribution >= 0.6 is 50.4 Å². The summed E-state index contributed by atoms with van der Waals surface area (Å²) in [7, 11) is 0. The molecule has 6 heteroatoms. The molecule has 0 aliphatic rings. The summed E-state index contributed by atoms with van der Waals surface area (Å²) in [6.07, 6.45) is 0. The van der Waals surface area contributed by atoms with Gasteiger partial charge >= 0.3 is 0 Å². The summed E-state index contributed by atoms with van der Waals surface area (Å²) in [6, 6.07) is 4.10. The molecule has 2 aromatic rings. The van der Waals surface area contributed by atoms with Crippen molar-refractivity contribution in [3.05, 3.63) is 21.4 Å². The minimum atomic E-state index is 0.835. The fraction of sp³-hybridized carbons (Fsp3) is 0. The molecule has 12 heavy (non-hydrogen) atoms. The van der Waals surface area contributed by atoms with Gasteiger partial charge in [-0.25, -0.2) is 0 Å². The van der Waals surface area contributed by atoms with Crippen LogP contribution in [0.25, 0.3) is 0 Å². The van der Waals surface area contributed by atoms with Gasteiger partial charge in [0.1, 0.15) is 0 Å². The Morgan fingerprint density at radius 1 is 1.42 bits per heavy atom. The fourth-order valence-corrected chi connectivity index (χ4v) is 4.09. The molecule has 0 aromatic carbocycles. The highest BCUT2D eigenvalue weighted by Crippen LogP contribution is 2.34. The molecule has 0 amide bonds. The highest BCUT2D eigenvalue weighted by atomic mass is 79.9. The van der Waals surface area contributed by atoms with E-state index in [1.54, 1.807) is 34.4 Å². The van der Waals surface area contributed by atoms with Gasteiger partial charge in [0.2, 0.25) is 0 Å². The molecular weight excluding hydrogens is 276 g/mol. The van der Waals surface area contributed by atoms with E-state index in [-0.39, 0.29) is 0 Å². The van der Waals surface area contributed by atoms with Crippen LogP contribution in [0.15, 0.2) is 30.0 Å². The van der Waals surface area contributed by atoms with Crippen molar-refractivity contribution in [2.75, 3.05) is 0 Å². The summed E-state index contributed by atoms with van der Waals surface area (Å²) >= 11 is 8.18. The van der Waals surface area contributed by atoms with Gasteiger partial charge in [-0.2, -0.15) is 0 Å². The van der Waals surface area contributed by atoms with Crippen molar-refractivity contribution in [2.45, 2.75) is 8.55 Å². The van der Waals surface area contributed by atoms with Gasteiger partial charge in [0.25, 0.3) is 0 Å². The molecule has 0 N–H and O–H groups in total. The number of hydrogen-bond donors (Lipinski definition) is 0. The van der Waals surface area contributed by atoms with E-state index in [1.165, 1.54) is 4.21 Å². The van der Waals surface area contributed by atoms with E-state index in [4.69, 9.17) is 0 Å². The van der Waals surface area contributed by atoms with Crippen molar-refractivity contribution < 1.29 is 0 Å². The maximum Gasteiger partial charge on any atom is 0.184 e. The second kappa shape index (κ2) is 3.87. The summed E-state index contributed by atoms with van der Waals surface area (Å²) in [5, 5.41) is 9.90. The lowest BCUT2D eigenvalue weighted by atomic mass is 10.7. The highest BCUT2D eigenvalue weighted by Gasteiger charge is 2.03. The highest BCUT2D eigenvalue weighted by molar-refractivity contribution is 9.11. The molecule has 0 spiro atoms. The summed E-state index contributed by atoms with van der Waals surface area (Å²) in [5.74, 6) is 0. The topological polar surface area (TPSA) is 25.8 Å². The number of hydrogen-bond acceptors (Lipinski definition) is 5. The Hall–Kier alpha value is 0.0900. The lowest BCUT2D eigenvalue weighted by Gasteiger charge is -1.86. The maximum absolute atomic E-state index is 3.98. The molecule has 0 unspecified atom stereocenters. The summed E-state index contributed by atoms with van der Waals surface area (Å²) in [4.78, 5) is 0. The number of rotatable bonds is 2. The van der Waals surface area contributed by atoms with E-state index in [1.807, 2.05) is 6.07 Å². The molecular formula is C6H3BrN2S3. The van der Waals surface area contributed by atoms with E-state index in [9.17, 15) is 0 Å². The lowest BCUT2D eigenvalue weighted by Crippen LogP contribution is -1.67. The Morgan fingerprint density at radius 2 is 2.33 bits per heavy atom. The lowest BCUT2D eigenvalue weighted by molar-refractivity contribution is 0.998. The van der Waals surface area contributed by atoms with Crippen molar-refractivity contribution in [3.8, 4) is 0 Å². The van der Waals surface area contributed by atoms with Crippen LogP contribution in [-0.4, -0.2) is 10.2 Å². The van der Waals surface area contributed by atoms with E-state index < -0.39 is 0 Å². The Kier molecular flexibility index (Phi) is 2.80. The third-order valence-corrected chi connectivity index (χ3v) is 4.51. The Bertz CT molecular complexity index is 357. The summed E-state index contributed by atoms with van der Waals surface area (Å²) < 4.78 is 3.06. The summed E-state index contributed by atoms with van der Waals surface area (Å²) in [5.41, 5.74) is 0. The zero-order chi connectivity index (χ0) is 8.39. The SMILES string of the molecule is Brc1nnc(Sc2cccs2)s1. The van der Waals surface area contributed by atoms with Crippen LogP contribution in [0, 0.1) is 0 Å². The van der Waals surface area contributed by atoms with Crippen molar-refractivity contribution in [1.82, 2.24) is 10.2 Å². The normalized spacial score (nSPS) is 10.4. The minimum absolute atomic E-state index is 0.835. The number of aromatic nitrogens is 2. The van der Waals surface area contributed by atoms with E-state index in [0.717, 1.165) is 8.26 Å². The van der Waals surface area contributed by atoms with Crippen LogP contribution in [0.5, 0.6) is 0 Å². The molecule has 2 rings (SSSR count). The molecule has 0 fully saturated rings. The van der Waals surface area contributed by atoms with Crippen LogP contribution in [0.2, 0.25) is 0 Å². The molecule has 2 aromatic heterocycles. The Morgan fingerprint density at radius 3 is 2.92 bits per heavy atom. The molecule has 0 saturated carbocycles. The van der Waals surface area contributed by atoms with Gasteiger partial charge in [0, 0.05) is 0 Å². The van der Waals surface area contributed by atoms with Crippen molar-refractivity contribution in [2.24, 2.45) is 0 Å². The van der Waals surface area contributed by atoms with E-state index in [0.29, 0.717) is 0 Å². The first-order chi connectivity index (χ1) is 5.84. The first-order valence-electron chi connectivity index (χ1n) is 3.05. The standard InChI is InChI=1S/C6H3BrN2S3/c7-5-8-9-6(12-5)11-4-2-1-3-10-4/h1-3H. The first kappa shape index (κ1) is 8.68. The smallest absolute Gasteiger partial charge is 0.137 e. The minimum Gasteiger partial charge on any atom is -0.137 e. The van der Waals surface area contributed by atoms with Crippen molar-refractivity contribution in [1.29, 1.82) is 0 Å². The van der Waals surface area contributed by atoms with Crippen LogP contribution in [0.3, 0.4) is 0 Å². The van der Waals surface area contributed by atoms with Crippen LogP contribution in [0.4, 0.5) is 0 Å². The van der Waals surface area contributed by atoms with Gasteiger partial charge in [-0.05, 0) is 39.1 Å². The third kappa shape index (κ3) is 2.07. The predicted octanol–water partition coefficient (Wildman–Crippen LogP) is 3.51. The maximum atomic E-state index is 3.98. The van der Waals surface area contributed by atoms with E-state index in [2.05, 4.69) is 37.6 Å². The van der Waals surface area contributed by atoms with Gasteiger partial charge < -0.3 is 0 Å². The largest absolute Gasteiger partial charge is 0.184 e. The average Bonchev–Trinajstić information content (AvgIpc) is 2.63. The fourth-order valence-electron chi connectivity index (χ4n) is 0.642. The molecule has 0 saturated heterocycles. The van der Waals surface area contributed by atoms with Crippen molar-refractivity contribution in [3.63, 3.8) is 0 Å². The van der Waals surface area contributed by atoms with Crippen LogP contribution in [0.1, 0.15) is 0 Å². The van der Waals surface area contributed by atoms with Crippen LogP contribution < -0.4 is 0 Å². The Balaban J connectivity index is 2.14. The second-order valence-electron chi connectivity index (χ2n) is 1.86. The first-order valence-corrected chi connectivity index (χ1v) is 6.35. The van der Waals surface area contributed by atoms with Crippen molar-refractivity contribution >= 4 is 50.4 Å². The Labute approximate surface area is 90.2 Å². The molecule has 0 atom stereocenters. The van der Waals surface area contributed by atoms with Gasteiger partial charge in [0.15, 0.2) is 8.26 Å². The third-order valence-electron chi connectivity index (χ3n) is 1.06. The monoisotopic (exact) mass is 278 g/mol. The van der Waals surface area contributed by atoms with E-state index >= 15 is 0 Å². The quantitative estimate of drug-likeness (QED) is 0.841. The molecule has 0 aliphatic carbocycles. The molecule has 0 radical (unpaired) electrons. The van der Waals surface area contributed by atoms with Gasteiger partial charge in [-0.15, -0.1) is 21.5 Å². The van der Waals surface area contributed by atoms with Gasteiger partial charge in [0.05, 0.1) is 4.21 Å². The number of nitrogens with zero attached hydrogens (tertiary/aromatic N) is 2. The van der Waals surface area contributed by atoms with Gasteiger partial charge in [-0.1, -0.05) is 17.4 Å².